The lowest BCUT2D eigenvalue weighted by molar-refractivity contribution is 0.470. The number of aromatic nitrogens is 1. The van der Waals surface area contributed by atoms with Gasteiger partial charge < -0.3 is 9.52 Å². The molecule has 0 aliphatic carbocycles. The molecule has 0 radical (unpaired) electrons. The van der Waals surface area contributed by atoms with Gasteiger partial charge in [-0.3, -0.25) is 4.99 Å². The maximum atomic E-state index is 10.2. The highest BCUT2D eigenvalue weighted by Gasteiger charge is 2.15. The van der Waals surface area contributed by atoms with Crippen LogP contribution in [0, 0.1) is 3.57 Å². The van der Waals surface area contributed by atoms with E-state index in [0.29, 0.717) is 17.0 Å². The molecule has 0 unspecified atom stereocenters. The fourth-order valence-corrected chi connectivity index (χ4v) is 4.61. The van der Waals surface area contributed by atoms with Crippen molar-refractivity contribution in [3.63, 3.8) is 0 Å². The Morgan fingerprint density at radius 3 is 2.50 bits per heavy atom. The predicted molar refractivity (Wildman–Crippen MR) is 134 cm³/mol. The molecule has 0 saturated heterocycles. The molecular weight excluding hydrogens is 555 g/mol. The zero-order valence-electron chi connectivity index (χ0n) is 16.8. The molecule has 4 aromatic rings. The van der Waals surface area contributed by atoms with E-state index >= 15 is 0 Å². The minimum atomic E-state index is 0.105. The Morgan fingerprint density at radius 2 is 1.80 bits per heavy atom. The first-order valence-electron chi connectivity index (χ1n) is 9.44. The average Bonchev–Trinajstić information content (AvgIpc) is 3.12. The molecule has 0 saturated carbocycles. The second-order valence-electron chi connectivity index (χ2n) is 8.08. The number of halogens is 2. The van der Waals surface area contributed by atoms with Crippen LogP contribution in [-0.2, 0) is 5.41 Å². The standard InChI is InChI=1S/C24H20BrIN2O2/c1-24(2,3)16-6-4-14(5-7-16)23-28-20-12-18(8-9-21(20)30-23)27-13-15-10-17(25)11-19(26)22(15)29/h4-13,29H,1-3H3. The molecule has 4 nitrogen and oxygen atoms in total. The summed E-state index contributed by atoms with van der Waals surface area (Å²) >= 11 is 5.54. The zero-order valence-corrected chi connectivity index (χ0v) is 20.5. The van der Waals surface area contributed by atoms with Crippen molar-refractivity contribution >= 4 is 61.5 Å². The average molecular weight is 575 g/mol. The molecular formula is C24H20BrIN2O2. The van der Waals surface area contributed by atoms with E-state index < -0.39 is 0 Å². The van der Waals surface area contributed by atoms with E-state index in [-0.39, 0.29) is 11.2 Å². The van der Waals surface area contributed by atoms with Crippen molar-refractivity contribution in [2.45, 2.75) is 26.2 Å². The number of hydrogen-bond donors (Lipinski definition) is 1. The first kappa shape index (κ1) is 21.1. The minimum absolute atomic E-state index is 0.105. The van der Waals surface area contributed by atoms with E-state index in [1.54, 1.807) is 6.21 Å². The van der Waals surface area contributed by atoms with E-state index in [0.717, 1.165) is 24.8 Å². The molecule has 0 atom stereocenters. The number of nitrogens with zero attached hydrogens (tertiary/aromatic N) is 2. The molecule has 1 aromatic heterocycles. The monoisotopic (exact) mass is 574 g/mol. The molecule has 30 heavy (non-hydrogen) atoms. The smallest absolute Gasteiger partial charge is 0.227 e. The summed E-state index contributed by atoms with van der Waals surface area (Å²) in [6.07, 6.45) is 1.65. The third-order valence-electron chi connectivity index (χ3n) is 4.78. The van der Waals surface area contributed by atoms with E-state index in [4.69, 9.17) is 4.42 Å². The summed E-state index contributed by atoms with van der Waals surface area (Å²) < 4.78 is 7.59. The predicted octanol–water partition coefficient (Wildman–Crippen LogP) is 7.62. The number of aliphatic imine (C=N–C) groups is 1. The first-order chi connectivity index (χ1) is 14.2. The highest BCUT2D eigenvalue weighted by Crippen LogP contribution is 2.31. The van der Waals surface area contributed by atoms with Gasteiger partial charge in [0.1, 0.15) is 11.3 Å². The van der Waals surface area contributed by atoms with Gasteiger partial charge in [-0.15, -0.1) is 0 Å². The van der Waals surface area contributed by atoms with Crippen molar-refractivity contribution < 1.29 is 9.52 Å². The third kappa shape index (κ3) is 4.44. The van der Waals surface area contributed by atoms with Crippen LogP contribution < -0.4 is 0 Å². The molecule has 0 spiro atoms. The maximum Gasteiger partial charge on any atom is 0.227 e. The molecule has 0 aliphatic heterocycles. The molecule has 3 aromatic carbocycles. The summed E-state index contributed by atoms with van der Waals surface area (Å²) in [5.41, 5.74) is 5.15. The third-order valence-corrected chi connectivity index (χ3v) is 6.06. The Kier molecular flexibility index (Phi) is 5.72. The lowest BCUT2D eigenvalue weighted by atomic mass is 9.87. The molecule has 0 bridgehead atoms. The molecule has 1 heterocycles. The Balaban J connectivity index is 1.63. The summed E-state index contributed by atoms with van der Waals surface area (Å²) in [7, 11) is 0. The highest BCUT2D eigenvalue weighted by atomic mass is 127. The van der Waals surface area contributed by atoms with E-state index in [1.165, 1.54) is 5.56 Å². The zero-order chi connectivity index (χ0) is 21.5. The van der Waals surface area contributed by atoms with Gasteiger partial charge in [0, 0.05) is 21.8 Å². The topological polar surface area (TPSA) is 58.6 Å². The summed E-state index contributed by atoms with van der Waals surface area (Å²) in [5, 5.41) is 10.2. The molecule has 4 rings (SSSR count). The summed E-state index contributed by atoms with van der Waals surface area (Å²) in [4.78, 5) is 9.14. The lowest BCUT2D eigenvalue weighted by Crippen LogP contribution is -2.10. The Labute approximate surface area is 197 Å². The summed E-state index contributed by atoms with van der Waals surface area (Å²) in [6, 6.07) is 17.6. The number of benzene rings is 3. The lowest BCUT2D eigenvalue weighted by Gasteiger charge is -2.18. The van der Waals surface area contributed by atoms with Gasteiger partial charge in [0.15, 0.2) is 5.58 Å². The van der Waals surface area contributed by atoms with E-state index in [9.17, 15) is 5.11 Å². The number of oxazole rings is 1. The van der Waals surface area contributed by atoms with Crippen LogP contribution in [0.15, 0.2) is 68.5 Å². The Morgan fingerprint density at radius 1 is 1.07 bits per heavy atom. The number of rotatable bonds is 3. The molecule has 0 amide bonds. The molecule has 6 heteroatoms. The van der Waals surface area contributed by atoms with Crippen LogP contribution in [0.4, 0.5) is 5.69 Å². The largest absolute Gasteiger partial charge is 0.506 e. The summed E-state index contributed by atoms with van der Waals surface area (Å²) in [6.45, 7) is 6.58. The quantitative estimate of drug-likeness (QED) is 0.202. The Hall–Kier alpha value is -2.19. The minimum Gasteiger partial charge on any atom is -0.506 e. The van der Waals surface area contributed by atoms with Crippen molar-refractivity contribution in [2.24, 2.45) is 4.99 Å². The van der Waals surface area contributed by atoms with Crippen LogP contribution in [0.2, 0.25) is 0 Å². The van der Waals surface area contributed by atoms with Crippen LogP contribution in [0.25, 0.3) is 22.6 Å². The van der Waals surface area contributed by atoms with Crippen LogP contribution in [0.1, 0.15) is 31.9 Å². The van der Waals surface area contributed by atoms with Gasteiger partial charge in [-0.1, -0.05) is 48.8 Å². The van der Waals surface area contributed by atoms with Crippen LogP contribution in [-0.4, -0.2) is 16.3 Å². The first-order valence-corrected chi connectivity index (χ1v) is 11.3. The SMILES string of the molecule is CC(C)(C)c1ccc(-c2nc3cc(N=Cc4cc(Br)cc(I)c4O)ccc3o2)cc1. The number of phenols is 1. The van der Waals surface area contributed by atoms with Gasteiger partial charge in [-0.2, -0.15) is 0 Å². The second kappa shape index (κ2) is 8.15. The normalized spacial score (nSPS) is 12.2. The van der Waals surface area contributed by atoms with Gasteiger partial charge in [0.2, 0.25) is 5.89 Å². The van der Waals surface area contributed by atoms with E-state index in [2.05, 4.69) is 81.4 Å². The van der Waals surface area contributed by atoms with Crippen molar-refractivity contribution in [3.8, 4) is 17.2 Å². The van der Waals surface area contributed by atoms with Gasteiger partial charge in [0.05, 0.1) is 9.26 Å². The van der Waals surface area contributed by atoms with Gasteiger partial charge in [0.25, 0.3) is 0 Å². The van der Waals surface area contributed by atoms with E-state index in [1.807, 2.05) is 42.5 Å². The van der Waals surface area contributed by atoms with Crippen molar-refractivity contribution in [1.82, 2.24) is 4.98 Å². The van der Waals surface area contributed by atoms with Crippen LogP contribution >= 0.6 is 38.5 Å². The molecule has 0 fully saturated rings. The fourth-order valence-electron chi connectivity index (χ4n) is 3.06. The second-order valence-corrected chi connectivity index (χ2v) is 10.2. The van der Waals surface area contributed by atoms with Crippen LogP contribution in [0.3, 0.4) is 0 Å². The van der Waals surface area contributed by atoms with Crippen LogP contribution in [0.5, 0.6) is 5.75 Å². The fraction of sp³-hybridized carbons (Fsp3) is 0.167. The summed E-state index contributed by atoms with van der Waals surface area (Å²) in [5.74, 6) is 0.803. The van der Waals surface area contributed by atoms with Crippen molar-refractivity contribution in [1.29, 1.82) is 0 Å². The Bertz CT molecular complexity index is 1250. The molecule has 1 N–H and O–H groups in total. The van der Waals surface area contributed by atoms with Gasteiger partial charge >= 0.3 is 0 Å². The maximum absolute atomic E-state index is 10.2. The van der Waals surface area contributed by atoms with Crippen molar-refractivity contribution in [3.05, 3.63) is 73.8 Å². The number of hydrogen-bond acceptors (Lipinski definition) is 4. The number of fused-ring (bicyclic) bond motifs is 1. The molecule has 0 aliphatic rings. The number of phenolic OH excluding ortho intramolecular Hbond substituents is 1. The van der Waals surface area contributed by atoms with Gasteiger partial charge in [-0.05, 0) is 76.0 Å². The highest BCUT2D eigenvalue weighted by molar-refractivity contribution is 14.1. The number of aromatic hydroxyl groups is 1. The molecule has 152 valence electrons. The van der Waals surface area contributed by atoms with Gasteiger partial charge in [-0.25, -0.2) is 4.98 Å². The van der Waals surface area contributed by atoms with Crippen molar-refractivity contribution in [2.75, 3.05) is 0 Å².